The van der Waals surface area contributed by atoms with Crippen molar-refractivity contribution in [1.82, 2.24) is 0 Å². The lowest BCUT2D eigenvalue weighted by Crippen LogP contribution is -2.11. The third kappa shape index (κ3) is 4.06. The van der Waals surface area contributed by atoms with Gasteiger partial charge in [-0.3, -0.25) is 9.59 Å². The standard InChI is InChI=1S/C23H18O6/c1-14-3-6-17(27-14)13-21-23(25)19-10-9-18(12-20(19)29-21)28-22(24)11-15-4-7-16(26-2)8-5-15/h3-10,12-13H,11H2,1-2H3/b21-13-. The summed E-state index contributed by atoms with van der Waals surface area (Å²) in [7, 11) is 1.58. The number of methoxy groups -OCH3 is 1. The van der Waals surface area contributed by atoms with E-state index in [0.29, 0.717) is 22.8 Å². The Morgan fingerprint density at radius 2 is 1.79 bits per heavy atom. The lowest BCUT2D eigenvalue weighted by atomic mass is 10.1. The van der Waals surface area contributed by atoms with E-state index in [-0.39, 0.29) is 18.0 Å². The van der Waals surface area contributed by atoms with Crippen LogP contribution in [0.3, 0.4) is 0 Å². The van der Waals surface area contributed by atoms with Gasteiger partial charge in [-0.05, 0) is 48.9 Å². The highest BCUT2D eigenvalue weighted by Gasteiger charge is 2.28. The van der Waals surface area contributed by atoms with Crippen molar-refractivity contribution in [2.24, 2.45) is 0 Å². The van der Waals surface area contributed by atoms with Crippen LogP contribution in [0.1, 0.15) is 27.4 Å². The van der Waals surface area contributed by atoms with E-state index in [0.717, 1.165) is 17.1 Å². The first-order valence-electron chi connectivity index (χ1n) is 9.00. The van der Waals surface area contributed by atoms with Crippen molar-refractivity contribution in [2.75, 3.05) is 7.11 Å². The van der Waals surface area contributed by atoms with Crippen molar-refractivity contribution in [3.05, 3.63) is 83.0 Å². The Morgan fingerprint density at radius 3 is 2.48 bits per heavy atom. The number of Topliss-reactive ketones (excluding diaryl/α,β-unsaturated/α-hetero) is 1. The number of ether oxygens (including phenoxy) is 3. The van der Waals surface area contributed by atoms with Gasteiger partial charge in [0, 0.05) is 12.1 Å². The molecule has 1 aliphatic heterocycles. The molecule has 1 aromatic heterocycles. The number of furan rings is 1. The highest BCUT2D eigenvalue weighted by molar-refractivity contribution is 6.14. The monoisotopic (exact) mass is 390 g/mol. The van der Waals surface area contributed by atoms with Gasteiger partial charge in [-0.1, -0.05) is 12.1 Å². The number of carbonyl (C=O) groups is 2. The van der Waals surface area contributed by atoms with Crippen LogP contribution in [-0.2, 0) is 11.2 Å². The van der Waals surface area contributed by atoms with Gasteiger partial charge in [-0.25, -0.2) is 0 Å². The fourth-order valence-corrected chi connectivity index (χ4v) is 2.97. The molecule has 3 aromatic rings. The summed E-state index contributed by atoms with van der Waals surface area (Å²) >= 11 is 0. The van der Waals surface area contributed by atoms with E-state index in [9.17, 15) is 9.59 Å². The summed E-state index contributed by atoms with van der Waals surface area (Å²) in [6.07, 6.45) is 1.66. The van der Waals surface area contributed by atoms with Crippen LogP contribution in [0.4, 0.5) is 0 Å². The van der Waals surface area contributed by atoms with E-state index in [4.69, 9.17) is 18.6 Å². The number of hydrogen-bond acceptors (Lipinski definition) is 6. The number of benzene rings is 2. The fourth-order valence-electron chi connectivity index (χ4n) is 2.97. The Hall–Kier alpha value is -3.80. The molecule has 0 N–H and O–H groups in total. The van der Waals surface area contributed by atoms with E-state index in [2.05, 4.69) is 0 Å². The SMILES string of the molecule is COc1ccc(CC(=O)Oc2ccc3c(c2)O/C(=C\c2ccc(C)o2)C3=O)cc1. The predicted octanol–water partition coefficient (Wildman–Crippen LogP) is 4.36. The van der Waals surface area contributed by atoms with E-state index in [1.165, 1.54) is 6.07 Å². The number of ketones is 1. The molecule has 0 saturated heterocycles. The number of rotatable bonds is 5. The van der Waals surface area contributed by atoms with Crippen LogP contribution in [-0.4, -0.2) is 18.9 Å². The second-order valence-corrected chi connectivity index (χ2v) is 6.55. The van der Waals surface area contributed by atoms with Crippen LogP contribution in [0.5, 0.6) is 17.2 Å². The molecule has 0 aliphatic carbocycles. The molecule has 0 fully saturated rings. The van der Waals surface area contributed by atoms with Crippen LogP contribution < -0.4 is 14.2 Å². The highest BCUT2D eigenvalue weighted by atomic mass is 16.5. The Labute approximate surface area is 167 Å². The van der Waals surface area contributed by atoms with Gasteiger partial charge in [-0.2, -0.15) is 0 Å². The molecule has 29 heavy (non-hydrogen) atoms. The lowest BCUT2D eigenvalue weighted by molar-refractivity contribution is -0.133. The molecule has 6 heteroatoms. The van der Waals surface area contributed by atoms with Crippen molar-refractivity contribution in [1.29, 1.82) is 0 Å². The molecule has 146 valence electrons. The van der Waals surface area contributed by atoms with Gasteiger partial charge in [0.15, 0.2) is 5.76 Å². The summed E-state index contributed by atoms with van der Waals surface area (Å²) in [4.78, 5) is 24.7. The minimum absolute atomic E-state index is 0.115. The van der Waals surface area contributed by atoms with Crippen LogP contribution >= 0.6 is 0 Å². The second kappa shape index (κ2) is 7.67. The van der Waals surface area contributed by atoms with Crippen LogP contribution in [0.15, 0.2) is 64.8 Å². The zero-order chi connectivity index (χ0) is 20.4. The van der Waals surface area contributed by atoms with Crippen LogP contribution in [0, 0.1) is 6.92 Å². The molecule has 0 saturated carbocycles. The minimum Gasteiger partial charge on any atom is -0.497 e. The minimum atomic E-state index is -0.415. The Morgan fingerprint density at radius 1 is 1.03 bits per heavy atom. The summed E-state index contributed by atoms with van der Waals surface area (Å²) in [5.74, 6) is 2.15. The maximum absolute atomic E-state index is 12.5. The Kier molecular flexibility index (Phi) is 4.91. The maximum atomic E-state index is 12.5. The molecular weight excluding hydrogens is 372 g/mol. The number of fused-ring (bicyclic) bond motifs is 1. The summed E-state index contributed by atoms with van der Waals surface area (Å²) in [5, 5.41) is 0. The molecule has 1 aliphatic rings. The molecule has 0 atom stereocenters. The van der Waals surface area contributed by atoms with Gasteiger partial charge in [0.05, 0.1) is 19.1 Å². The first-order chi connectivity index (χ1) is 14.0. The van der Waals surface area contributed by atoms with E-state index < -0.39 is 5.97 Å². The summed E-state index contributed by atoms with van der Waals surface area (Å²) in [6, 6.07) is 15.4. The number of hydrogen-bond donors (Lipinski definition) is 0. The molecule has 4 rings (SSSR count). The maximum Gasteiger partial charge on any atom is 0.315 e. The Bertz CT molecular complexity index is 1100. The van der Waals surface area contributed by atoms with Crippen molar-refractivity contribution >= 4 is 17.8 Å². The molecule has 2 heterocycles. The Balaban J connectivity index is 1.45. The zero-order valence-corrected chi connectivity index (χ0v) is 15.9. The molecule has 0 unspecified atom stereocenters. The third-order valence-corrected chi connectivity index (χ3v) is 4.42. The largest absolute Gasteiger partial charge is 0.497 e. The van der Waals surface area contributed by atoms with Crippen molar-refractivity contribution in [3.63, 3.8) is 0 Å². The zero-order valence-electron chi connectivity index (χ0n) is 15.9. The van der Waals surface area contributed by atoms with Gasteiger partial charge < -0.3 is 18.6 Å². The quantitative estimate of drug-likeness (QED) is 0.366. The number of esters is 1. The average Bonchev–Trinajstić information content (AvgIpc) is 3.25. The van der Waals surface area contributed by atoms with Crippen LogP contribution in [0.2, 0.25) is 0 Å². The van der Waals surface area contributed by atoms with E-state index >= 15 is 0 Å². The van der Waals surface area contributed by atoms with E-state index in [1.807, 2.05) is 6.92 Å². The molecule has 2 aromatic carbocycles. The first kappa shape index (κ1) is 18.6. The van der Waals surface area contributed by atoms with Gasteiger partial charge in [0.2, 0.25) is 5.78 Å². The molecule has 6 nitrogen and oxygen atoms in total. The molecule has 0 bridgehead atoms. The fraction of sp³-hybridized carbons (Fsp3) is 0.130. The van der Waals surface area contributed by atoms with Gasteiger partial charge >= 0.3 is 5.97 Å². The average molecular weight is 390 g/mol. The lowest BCUT2D eigenvalue weighted by Gasteiger charge is -2.06. The van der Waals surface area contributed by atoms with Crippen LogP contribution in [0.25, 0.3) is 6.08 Å². The van der Waals surface area contributed by atoms with Gasteiger partial charge in [0.1, 0.15) is 28.8 Å². The van der Waals surface area contributed by atoms with Gasteiger partial charge in [-0.15, -0.1) is 0 Å². The van der Waals surface area contributed by atoms with Crippen molar-refractivity contribution in [3.8, 4) is 17.2 Å². The summed E-state index contributed by atoms with van der Waals surface area (Å²) in [5.41, 5.74) is 1.22. The topological polar surface area (TPSA) is 75.0 Å². The van der Waals surface area contributed by atoms with Gasteiger partial charge in [0.25, 0.3) is 0 Å². The van der Waals surface area contributed by atoms with Crippen molar-refractivity contribution < 1.29 is 28.2 Å². The molecule has 0 radical (unpaired) electrons. The van der Waals surface area contributed by atoms with E-state index in [1.54, 1.807) is 61.7 Å². The molecular formula is C23H18O6. The first-order valence-corrected chi connectivity index (χ1v) is 9.00. The molecule has 0 amide bonds. The predicted molar refractivity (Wildman–Crippen MR) is 105 cm³/mol. The third-order valence-electron chi connectivity index (χ3n) is 4.42. The van der Waals surface area contributed by atoms with Crippen molar-refractivity contribution in [2.45, 2.75) is 13.3 Å². The summed E-state index contributed by atoms with van der Waals surface area (Å²) < 4.78 is 21.6. The normalized spacial score (nSPS) is 13.9. The number of carbonyl (C=O) groups excluding carboxylic acids is 2. The molecule has 0 spiro atoms. The highest BCUT2D eigenvalue weighted by Crippen LogP contribution is 2.35. The number of aryl methyl sites for hydroxylation is 1. The smallest absolute Gasteiger partial charge is 0.315 e. The second-order valence-electron chi connectivity index (χ2n) is 6.55. The summed E-state index contributed by atoms with van der Waals surface area (Å²) in [6.45, 7) is 1.82. The number of allylic oxidation sites excluding steroid dienone is 1.